The number of rotatable bonds is 6. The van der Waals surface area contributed by atoms with Gasteiger partial charge in [-0.1, -0.05) is 29.8 Å². The van der Waals surface area contributed by atoms with E-state index in [4.69, 9.17) is 17.3 Å². The predicted molar refractivity (Wildman–Crippen MR) is 112 cm³/mol. The van der Waals surface area contributed by atoms with E-state index in [1.165, 1.54) is 30.6 Å². The Kier molecular flexibility index (Phi) is 6.54. The monoisotopic (exact) mass is 470 g/mol. The van der Waals surface area contributed by atoms with Gasteiger partial charge in [-0.15, -0.1) is 0 Å². The minimum absolute atomic E-state index is 0.201. The number of nitrogens with zero attached hydrogens (tertiary/aromatic N) is 2. The Hall–Kier alpha value is -2.69. The Morgan fingerprint density at radius 1 is 1.10 bits per heavy atom. The van der Waals surface area contributed by atoms with E-state index in [2.05, 4.69) is 15.3 Å². The lowest BCUT2D eigenvalue weighted by molar-refractivity contribution is -0.137. The van der Waals surface area contributed by atoms with Crippen molar-refractivity contribution in [3.05, 3.63) is 71.0 Å². The molecule has 0 fully saturated rings. The molecule has 3 N–H and O–H groups in total. The predicted octanol–water partition coefficient (Wildman–Crippen LogP) is 4.33. The molecule has 0 aliphatic rings. The van der Waals surface area contributed by atoms with Crippen LogP contribution >= 0.6 is 11.6 Å². The van der Waals surface area contributed by atoms with E-state index in [9.17, 15) is 21.6 Å². The maximum absolute atomic E-state index is 12.9. The maximum Gasteiger partial charge on any atom is 0.417 e. The molecular weight excluding hydrogens is 453 g/mol. The van der Waals surface area contributed by atoms with E-state index in [0.717, 1.165) is 17.9 Å². The van der Waals surface area contributed by atoms with Gasteiger partial charge < -0.3 is 11.1 Å². The fourth-order valence-corrected chi connectivity index (χ4v) is 3.73. The van der Waals surface area contributed by atoms with Crippen LogP contribution in [0.15, 0.2) is 59.8 Å². The molecule has 0 aliphatic carbocycles. The second-order valence-electron chi connectivity index (χ2n) is 6.81. The van der Waals surface area contributed by atoms with E-state index < -0.39 is 32.6 Å². The highest BCUT2D eigenvalue weighted by molar-refractivity contribution is 7.90. The molecule has 0 spiro atoms. The van der Waals surface area contributed by atoms with Crippen LogP contribution in [0.2, 0.25) is 5.02 Å². The van der Waals surface area contributed by atoms with Crippen LogP contribution in [0.4, 0.5) is 19.0 Å². The number of sulfone groups is 1. The van der Waals surface area contributed by atoms with Gasteiger partial charge in [-0.3, -0.25) is 0 Å². The molecule has 0 radical (unpaired) electrons. The van der Waals surface area contributed by atoms with E-state index in [0.29, 0.717) is 17.1 Å². The number of halogens is 4. The summed E-state index contributed by atoms with van der Waals surface area (Å²) in [4.78, 5) is 8.37. The number of nitrogens with one attached hydrogen (secondary N) is 1. The standard InChI is InChI=1S/C20H18ClF3N4O2S/c1-31(29,30)14-5-2-12(3-6-14)17(25)10-26-19-9-18(27-11-28-19)13-4-7-15(16(21)8-13)20(22,23)24/h2-9,11,17H,10,25H2,1H3,(H,26,27,28)/t17-/m0/s1. The summed E-state index contributed by atoms with van der Waals surface area (Å²) in [7, 11) is -3.29. The summed E-state index contributed by atoms with van der Waals surface area (Å²) in [5, 5.41) is 2.62. The van der Waals surface area contributed by atoms with Crippen molar-refractivity contribution in [1.82, 2.24) is 9.97 Å². The summed E-state index contributed by atoms with van der Waals surface area (Å²) in [5.74, 6) is 0.421. The molecule has 0 amide bonds. The molecule has 31 heavy (non-hydrogen) atoms. The lowest BCUT2D eigenvalue weighted by Gasteiger charge is -2.14. The van der Waals surface area contributed by atoms with Gasteiger partial charge >= 0.3 is 6.18 Å². The molecule has 0 unspecified atom stereocenters. The van der Waals surface area contributed by atoms with Crippen LogP contribution in [0.3, 0.4) is 0 Å². The first kappa shape index (κ1) is 23.0. The number of hydrogen-bond acceptors (Lipinski definition) is 6. The first-order valence-corrected chi connectivity index (χ1v) is 11.2. The minimum atomic E-state index is -4.54. The Morgan fingerprint density at radius 3 is 2.35 bits per heavy atom. The number of hydrogen-bond donors (Lipinski definition) is 2. The molecule has 1 heterocycles. The average Bonchev–Trinajstić information content (AvgIpc) is 2.70. The third-order valence-electron chi connectivity index (χ3n) is 4.48. The van der Waals surface area contributed by atoms with Crippen molar-refractivity contribution in [2.45, 2.75) is 17.1 Å². The van der Waals surface area contributed by atoms with Gasteiger partial charge in [-0.05, 0) is 29.8 Å². The highest BCUT2D eigenvalue weighted by Gasteiger charge is 2.33. The molecule has 2 aromatic carbocycles. The molecule has 0 saturated carbocycles. The fraction of sp³-hybridized carbons (Fsp3) is 0.200. The van der Waals surface area contributed by atoms with Crippen LogP contribution in [-0.2, 0) is 16.0 Å². The zero-order valence-electron chi connectivity index (χ0n) is 16.2. The molecule has 164 valence electrons. The molecule has 0 saturated heterocycles. The van der Waals surface area contributed by atoms with Crippen LogP contribution in [0.5, 0.6) is 0 Å². The van der Waals surface area contributed by atoms with Crippen molar-refractivity contribution in [2.24, 2.45) is 5.73 Å². The SMILES string of the molecule is CS(=O)(=O)c1ccc([C@@H](N)CNc2cc(-c3ccc(C(F)(F)F)c(Cl)c3)ncn2)cc1. The Labute approximate surface area is 182 Å². The Morgan fingerprint density at radius 2 is 1.77 bits per heavy atom. The highest BCUT2D eigenvalue weighted by Crippen LogP contribution is 2.36. The van der Waals surface area contributed by atoms with Crippen LogP contribution in [0.25, 0.3) is 11.3 Å². The summed E-state index contributed by atoms with van der Waals surface area (Å²) in [6.07, 6.45) is -2.14. The molecule has 1 atom stereocenters. The molecule has 11 heteroatoms. The maximum atomic E-state index is 12.9. The highest BCUT2D eigenvalue weighted by atomic mass is 35.5. The molecule has 0 aliphatic heterocycles. The topological polar surface area (TPSA) is 98.0 Å². The zero-order chi connectivity index (χ0) is 22.8. The summed E-state index contributed by atoms with van der Waals surface area (Å²) in [5.41, 5.74) is 6.75. The second kappa shape index (κ2) is 8.81. The van der Waals surface area contributed by atoms with Crippen LogP contribution in [-0.4, -0.2) is 31.2 Å². The summed E-state index contributed by atoms with van der Waals surface area (Å²) in [6.45, 7) is 0.280. The summed E-state index contributed by atoms with van der Waals surface area (Å²) >= 11 is 5.78. The van der Waals surface area contributed by atoms with Crippen molar-refractivity contribution in [3.63, 3.8) is 0 Å². The smallest absolute Gasteiger partial charge is 0.368 e. The molecule has 3 rings (SSSR count). The van der Waals surface area contributed by atoms with Gasteiger partial charge in [0.2, 0.25) is 0 Å². The normalized spacial score (nSPS) is 13.1. The quantitative estimate of drug-likeness (QED) is 0.556. The van der Waals surface area contributed by atoms with Crippen molar-refractivity contribution < 1.29 is 21.6 Å². The van der Waals surface area contributed by atoms with Crippen LogP contribution < -0.4 is 11.1 Å². The number of alkyl halides is 3. The molecule has 3 aromatic rings. The lowest BCUT2D eigenvalue weighted by Crippen LogP contribution is -2.21. The van der Waals surface area contributed by atoms with Gasteiger partial charge in [0.15, 0.2) is 9.84 Å². The van der Waals surface area contributed by atoms with Gasteiger partial charge in [-0.25, -0.2) is 18.4 Å². The largest absolute Gasteiger partial charge is 0.417 e. The number of benzene rings is 2. The van der Waals surface area contributed by atoms with E-state index in [1.807, 2.05) is 0 Å². The first-order chi connectivity index (χ1) is 14.4. The van der Waals surface area contributed by atoms with Gasteiger partial charge in [0.1, 0.15) is 12.1 Å². The second-order valence-corrected chi connectivity index (χ2v) is 9.23. The average molecular weight is 471 g/mol. The third-order valence-corrected chi connectivity index (χ3v) is 5.92. The third kappa shape index (κ3) is 5.72. The van der Waals surface area contributed by atoms with Gasteiger partial charge in [-0.2, -0.15) is 13.2 Å². The van der Waals surface area contributed by atoms with Crippen molar-refractivity contribution in [1.29, 1.82) is 0 Å². The molecule has 6 nitrogen and oxygen atoms in total. The number of anilines is 1. The van der Waals surface area contributed by atoms with Crippen molar-refractivity contribution in [3.8, 4) is 11.3 Å². The van der Waals surface area contributed by atoms with Crippen molar-refractivity contribution >= 4 is 27.3 Å². The molecule has 1 aromatic heterocycles. The zero-order valence-corrected chi connectivity index (χ0v) is 17.8. The summed E-state index contributed by atoms with van der Waals surface area (Å²) < 4.78 is 61.7. The van der Waals surface area contributed by atoms with Gasteiger partial charge in [0.25, 0.3) is 0 Å². The summed E-state index contributed by atoms with van der Waals surface area (Å²) in [6, 6.07) is 10.8. The van der Waals surface area contributed by atoms with Crippen LogP contribution in [0, 0.1) is 0 Å². The van der Waals surface area contributed by atoms with Gasteiger partial charge in [0.05, 0.1) is 21.2 Å². The van der Waals surface area contributed by atoms with E-state index in [-0.39, 0.29) is 11.4 Å². The fourth-order valence-electron chi connectivity index (χ4n) is 2.81. The molecular formula is C20H18ClF3N4O2S. The van der Waals surface area contributed by atoms with Crippen LogP contribution in [0.1, 0.15) is 17.2 Å². The van der Waals surface area contributed by atoms with E-state index >= 15 is 0 Å². The van der Waals surface area contributed by atoms with Crippen molar-refractivity contribution in [2.75, 3.05) is 18.1 Å². The van der Waals surface area contributed by atoms with E-state index in [1.54, 1.807) is 18.2 Å². The molecule has 0 bridgehead atoms. The van der Waals surface area contributed by atoms with Gasteiger partial charge in [0, 0.05) is 30.5 Å². The number of aromatic nitrogens is 2. The number of nitrogens with two attached hydrogens (primary N) is 1. The first-order valence-electron chi connectivity index (χ1n) is 8.94. The Balaban J connectivity index is 1.72. The lowest BCUT2D eigenvalue weighted by atomic mass is 10.1. The Bertz CT molecular complexity index is 1190. The minimum Gasteiger partial charge on any atom is -0.368 e.